The van der Waals surface area contributed by atoms with E-state index in [-0.39, 0.29) is 5.91 Å². The molecule has 3 rings (SSSR count). The number of thioether (sulfide) groups is 1. The first-order chi connectivity index (χ1) is 13.6. The molecule has 142 valence electrons. The van der Waals surface area contributed by atoms with Gasteiger partial charge in [0.15, 0.2) is 5.17 Å². The molecular weight excluding hydrogens is 376 g/mol. The molecule has 6 nitrogen and oxygen atoms in total. The van der Waals surface area contributed by atoms with Crippen molar-refractivity contribution in [3.63, 3.8) is 0 Å². The van der Waals surface area contributed by atoms with Crippen molar-refractivity contribution >= 4 is 40.6 Å². The number of methoxy groups -OCH3 is 1. The number of benzene rings is 2. The maximum absolute atomic E-state index is 12.3. The summed E-state index contributed by atoms with van der Waals surface area (Å²) in [5, 5.41) is 3.12. The number of para-hydroxylation sites is 1. The van der Waals surface area contributed by atoms with E-state index in [1.165, 1.54) is 18.9 Å². The average molecular weight is 394 g/mol. The Morgan fingerprint density at radius 1 is 1.21 bits per heavy atom. The first-order valence-electron chi connectivity index (χ1n) is 8.41. The summed E-state index contributed by atoms with van der Waals surface area (Å²) in [6, 6.07) is 14.2. The van der Waals surface area contributed by atoms with Gasteiger partial charge in [-0.1, -0.05) is 36.9 Å². The van der Waals surface area contributed by atoms with Crippen LogP contribution >= 0.6 is 11.8 Å². The first kappa shape index (κ1) is 19.4. The van der Waals surface area contributed by atoms with E-state index in [1.54, 1.807) is 36.4 Å². The molecule has 2 aromatic carbocycles. The second-order valence-corrected chi connectivity index (χ2v) is 6.69. The van der Waals surface area contributed by atoms with Crippen molar-refractivity contribution in [2.75, 3.05) is 13.7 Å². The lowest BCUT2D eigenvalue weighted by atomic mass is 10.2. The van der Waals surface area contributed by atoms with Crippen LogP contribution in [0, 0.1) is 0 Å². The lowest BCUT2D eigenvalue weighted by molar-refractivity contribution is -0.115. The Labute approximate surface area is 167 Å². The molecule has 1 heterocycles. The third-order valence-electron chi connectivity index (χ3n) is 3.73. The predicted octanol–water partition coefficient (Wildman–Crippen LogP) is 3.93. The van der Waals surface area contributed by atoms with Crippen LogP contribution in [0.5, 0.6) is 5.75 Å². The standard InChI is InChI=1S/C21H18N2O4S/c1-3-12-27-15-10-8-14(9-11-15)13-18-19(24)23-21(28-18)22-17-7-5-4-6-16(17)20(25)26-2/h3-11,13H,1,12H2,2H3,(H,22,23,24)/b18-13-. The second kappa shape index (κ2) is 9.05. The molecule has 0 aliphatic carbocycles. The minimum Gasteiger partial charge on any atom is -0.490 e. The van der Waals surface area contributed by atoms with E-state index in [0.29, 0.717) is 27.9 Å². The molecule has 0 spiro atoms. The van der Waals surface area contributed by atoms with Crippen LogP contribution in [0.3, 0.4) is 0 Å². The van der Waals surface area contributed by atoms with Crippen LogP contribution < -0.4 is 10.1 Å². The topological polar surface area (TPSA) is 77.0 Å². The SMILES string of the molecule is C=CCOc1ccc(/C=C2\SC(=Nc3ccccc3C(=O)OC)NC2=O)cc1. The maximum atomic E-state index is 12.3. The summed E-state index contributed by atoms with van der Waals surface area (Å²) in [7, 11) is 1.31. The van der Waals surface area contributed by atoms with Gasteiger partial charge in [0.05, 0.1) is 23.3 Å². The first-order valence-corrected chi connectivity index (χ1v) is 9.23. The molecule has 0 radical (unpaired) electrons. The number of esters is 1. The molecule has 1 fully saturated rings. The van der Waals surface area contributed by atoms with Crippen LogP contribution in [-0.4, -0.2) is 30.8 Å². The summed E-state index contributed by atoms with van der Waals surface area (Å²) in [5.74, 6) is 0.00216. The normalized spacial score (nSPS) is 16.1. The van der Waals surface area contributed by atoms with Gasteiger partial charge in [-0.2, -0.15) is 0 Å². The third-order valence-corrected chi connectivity index (χ3v) is 4.64. The molecule has 1 aliphatic heterocycles. The van der Waals surface area contributed by atoms with Crippen molar-refractivity contribution in [2.24, 2.45) is 4.99 Å². The molecule has 28 heavy (non-hydrogen) atoms. The summed E-state index contributed by atoms with van der Waals surface area (Å²) < 4.78 is 10.2. The van der Waals surface area contributed by atoms with Gasteiger partial charge in [0.25, 0.3) is 5.91 Å². The minimum absolute atomic E-state index is 0.244. The number of aliphatic imine (C=N–C) groups is 1. The Hall–Kier alpha value is -3.32. The molecule has 0 aromatic heterocycles. The molecule has 1 saturated heterocycles. The molecule has 7 heteroatoms. The summed E-state index contributed by atoms with van der Waals surface area (Å²) in [6.45, 7) is 4.04. The Balaban J connectivity index is 1.78. The number of hydrogen-bond donors (Lipinski definition) is 1. The largest absolute Gasteiger partial charge is 0.490 e. The highest BCUT2D eigenvalue weighted by Crippen LogP contribution is 2.29. The smallest absolute Gasteiger partial charge is 0.340 e. The molecule has 1 amide bonds. The van der Waals surface area contributed by atoms with E-state index in [1.807, 2.05) is 24.3 Å². The third kappa shape index (κ3) is 4.69. The zero-order valence-corrected chi connectivity index (χ0v) is 16.0. The molecule has 1 aliphatic rings. The van der Waals surface area contributed by atoms with E-state index in [0.717, 1.165) is 11.3 Å². The van der Waals surface area contributed by atoms with E-state index in [4.69, 9.17) is 9.47 Å². The fraction of sp³-hybridized carbons (Fsp3) is 0.0952. The highest BCUT2D eigenvalue weighted by molar-refractivity contribution is 8.18. The van der Waals surface area contributed by atoms with Crippen molar-refractivity contribution < 1.29 is 19.1 Å². The Kier molecular flexibility index (Phi) is 6.29. The zero-order chi connectivity index (χ0) is 19.9. The van der Waals surface area contributed by atoms with Crippen LogP contribution in [0.15, 0.2) is 71.1 Å². The van der Waals surface area contributed by atoms with Crippen molar-refractivity contribution in [2.45, 2.75) is 0 Å². The van der Waals surface area contributed by atoms with Gasteiger partial charge in [-0.05, 0) is 47.7 Å². The lowest BCUT2D eigenvalue weighted by Gasteiger charge is -2.03. The Morgan fingerprint density at radius 2 is 1.96 bits per heavy atom. The Morgan fingerprint density at radius 3 is 2.68 bits per heavy atom. The number of carbonyl (C=O) groups is 2. The van der Waals surface area contributed by atoms with Gasteiger partial charge < -0.3 is 14.8 Å². The van der Waals surface area contributed by atoms with Crippen molar-refractivity contribution in [3.8, 4) is 5.75 Å². The highest BCUT2D eigenvalue weighted by atomic mass is 32.2. The van der Waals surface area contributed by atoms with Gasteiger partial charge in [-0.15, -0.1) is 0 Å². The number of amidine groups is 1. The lowest BCUT2D eigenvalue weighted by Crippen LogP contribution is -2.19. The fourth-order valence-electron chi connectivity index (χ4n) is 2.41. The van der Waals surface area contributed by atoms with Crippen molar-refractivity contribution in [3.05, 3.63) is 77.2 Å². The number of carbonyl (C=O) groups excluding carboxylic acids is 2. The fourth-order valence-corrected chi connectivity index (χ4v) is 3.25. The molecule has 0 bridgehead atoms. The van der Waals surface area contributed by atoms with Gasteiger partial charge >= 0.3 is 5.97 Å². The van der Waals surface area contributed by atoms with E-state index < -0.39 is 5.97 Å². The Bertz CT molecular complexity index is 965. The van der Waals surface area contributed by atoms with Gasteiger partial charge in [0.1, 0.15) is 12.4 Å². The highest BCUT2D eigenvalue weighted by Gasteiger charge is 2.24. The summed E-state index contributed by atoms with van der Waals surface area (Å²) in [6.07, 6.45) is 3.45. The van der Waals surface area contributed by atoms with Crippen molar-refractivity contribution in [1.29, 1.82) is 0 Å². The monoisotopic (exact) mass is 394 g/mol. The summed E-state index contributed by atoms with van der Waals surface area (Å²) >= 11 is 1.21. The van der Waals surface area contributed by atoms with E-state index in [9.17, 15) is 9.59 Å². The molecular formula is C21H18N2O4S. The minimum atomic E-state index is -0.483. The maximum Gasteiger partial charge on any atom is 0.340 e. The zero-order valence-electron chi connectivity index (χ0n) is 15.2. The number of nitrogens with zero attached hydrogens (tertiary/aromatic N) is 1. The quantitative estimate of drug-likeness (QED) is 0.456. The van der Waals surface area contributed by atoms with Gasteiger partial charge in [0, 0.05) is 0 Å². The average Bonchev–Trinajstić information content (AvgIpc) is 3.06. The van der Waals surface area contributed by atoms with Crippen LogP contribution in [0.4, 0.5) is 5.69 Å². The number of amides is 1. The van der Waals surface area contributed by atoms with Crippen molar-refractivity contribution in [1.82, 2.24) is 5.32 Å². The molecule has 0 atom stereocenters. The molecule has 0 unspecified atom stereocenters. The van der Waals surface area contributed by atoms with Crippen LogP contribution in [0.1, 0.15) is 15.9 Å². The van der Waals surface area contributed by atoms with E-state index >= 15 is 0 Å². The molecule has 1 N–H and O–H groups in total. The van der Waals surface area contributed by atoms with Gasteiger partial charge in [-0.3, -0.25) is 4.79 Å². The molecule has 0 saturated carbocycles. The van der Waals surface area contributed by atoms with Gasteiger partial charge in [0.2, 0.25) is 0 Å². The number of rotatable bonds is 6. The second-order valence-electron chi connectivity index (χ2n) is 5.66. The van der Waals surface area contributed by atoms with Crippen LogP contribution in [0.25, 0.3) is 6.08 Å². The summed E-state index contributed by atoms with van der Waals surface area (Å²) in [4.78, 5) is 29.0. The van der Waals surface area contributed by atoms with E-state index in [2.05, 4.69) is 16.9 Å². The number of ether oxygens (including phenoxy) is 2. The van der Waals surface area contributed by atoms with Gasteiger partial charge in [-0.25, -0.2) is 9.79 Å². The predicted molar refractivity (Wildman–Crippen MR) is 111 cm³/mol. The summed E-state index contributed by atoms with van der Waals surface area (Å²) in [5.41, 5.74) is 1.63. The molecule has 2 aromatic rings. The van der Waals surface area contributed by atoms with Crippen LogP contribution in [0.2, 0.25) is 0 Å². The van der Waals surface area contributed by atoms with Crippen LogP contribution in [-0.2, 0) is 9.53 Å². The number of hydrogen-bond acceptors (Lipinski definition) is 6. The number of nitrogens with one attached hydrogen (secondary N) is 1.